The number of rotatable bonds is 5. The number of phenols is 1. The molecule has 0 unspecified atom stereocenters. The Kier molecular flexibility index (Phi) is 6.35. The summed E-state index contributed by atoms with van der Waals surface area (Å²) in [6, 6.07) is 5.70. The highest BCUT2D eigenvalue weighted by Crippen LogP contribution is 2.41. The Balaban J connectivity index is 1.40. The maximum absolute atomic E-state index is 16.6. The van der Waals surface area contributed by atoms with E-state index in [1.165, 1.54) is 24.3 Å². The lowest BCUT2D eigenvalue weighted by Crippen LogP contribution is -2.43. The molecule has 2 aliphatic heterocycles. The van der Waals surface area contributed by atoms with Crippen molar-refractivity contribution in [3.05, 3.63) is 59.4 Å². The summed E-state index contributed by atoms with van der Waals surface area (Å²) in [7, 11) is 0. The molecular formula is C33H30F2N4O2. The zero-order valence-corrected chi connectivity index (χ0v) is 22.7. The van der Waals surface area contributed by atoms with Gasteiger partial charge >= 0.3 is 6.01 Å². The van der Waals surface area contributed by atoms with Gasteiger partial charge in [-0.15, -0.1) is 6.42 Å². The van der Waals surface area contributed by atoms with Crippen molar-refractivity contribution in [1.82, 2.24) is 19.9 Å². The fraction of sp³-hybridized carbons (Fsp3) is 0.364. The molecule has 7 rings (SSSR count). The standard InChI is InChI=1S/C33H30F2N4O2/c1-2-23-26(34)11-10-21-16-22(40)17-24(27(21)23)30-28(35)31-25(18-36-30)29(20-8-4-3-5-9-20)37-32(38-31)41-19-33-12-6-14-39(33)15-7-13-33/h1,8,10-11,16-18,40H,3-7,9,12-15,19H2. The van der Waals surface area contributed by atoms with Crippen molar-refractivity contribution in [2.75, 3.05) is 19.7 Å². The van der Waals surface area contributed by atoms with Crippen molar-refractivity contribution >= 4 is 27.2 Å². The second kappa shape index (κ2) is 10.1. The summed E-state index contributed by atoms with van der Waals surface area (Å²) < 4.78 is 37.6. The minimum Gasteiger partial charge on any atom is -0.508 e. The van der Waals surface area contributed by atoms with E-state index in [-0.39, 0.29) is 39.6 Å². The Morgan fingerprint density at radius 2 is 1.88 bits per heavy atom. The molecule has 0 atom stereocenters. The second-order valence-corrected chi connectivity index (χ2v) is 11.4. The van der Waals surface area contributed by atoms with E-state index in [1.54, 1.807) is 6.20 Å². The van der Waals surface area contributed by atoms with Crippen LogP contribution in [0.1, 0.15) is 62.6 Å². The SMILES string of the molecule is C#Cc1c(F)ccc2cc(O)cc(-c3ncc4c(C5=CCCCC5)nc(OCC56CCCN5CCC6)nc4c3F)c12. The van der Waals surface area contributed by atoms with E-state index in [0.29, 0.717) is 28.5 Å². The number of benzene rings is 2. The van der Waals surface area contributed by atoms with Crippen LogP contribution in [-0.4, -0.2) is 50.2 Å². The highest BCUT2D eigenvalue weighted by Gasteiger charge is 2.45. The number of hydrogen-bond donors (Lipinski definition) is 1. The van der Waals surface area contributed by atoms with Gasteiger partial charge in [0, 0.05) is 22.5 Å². The molecule has 4 heterocycles. The fourth-order valence-electron chi connectivity index (χ4n) is 7.00. The molecular weight excluding hydrogens is 522 g/mol. The molecule has 1 N–H and O–H groups in total. The molecule has 41 heavy (non-hydrogen) atoms. The molecule has 0 radical (unpaired) electrons. The summed E-state index contributed by atoms with van der Waals surface area (Å²) >= 11 is 0. The zero-order chi connectivity index (χ0) is 28.1. The number of pyridine rings is 1. The van der Waals surface area contributed by atoms with E-state index >= 15 is 4.39 Å². The van der Waals surface area contributed by atoms with Crippen LogP contribution in [-0.2, 0) is 0 Å². The average molecular weight is 553 g/mol. The lowest BCUT2D eigenvalue weighted by atomic mass is 9.94. The number of allylic oxidation sites excluding steroid dienone is 2. The maximum atomic E-state index is 16.6. The molecule has 208 valence electrons. The van der Waals surface area contributed by atoms with E-state index in [2.05, 4.69) is 26.9 Å². The first-order valence-corrected chi connectivity index (χ1v) is 14.3. The summed E-state index contributed by atoms with van der Waals surface area (Å²) in [5.41, 5.74) is 1.82. The van der Waals surface area contributed by atoms with Gasteiger partial charge in [-0.3, -0.25) is 9.88 Å². The van der Waals surface area contributed by atoms with Gasteiger partial charge in [-0.1, -0.05) is 18.1 Å². The van der Waals surface area contributed by atoms with E-state index in [1.807, 2.05) is 0 Å². The molecule has 3 aliphatic rings. The largest absolute Gasteiger partial charge is 0.508 e. The highest BCUT2D eigenvalue weighted by molar-refractivity contribution is 6.02. The van der Waals surface area contributed by atoms with Crippen molar-refractivity contribution in [3.8, 4) is 35.4 Å². The van der Waals surface area contributed by atoms with E-state index in [0.717, 1.165) is 70.0 Å². The van der Waals surface area contributed by atoms with Gasteiger partial charge < -0.3 is 9.84 Å². The van der Waals surface area contributed by atoms with Crippen LogP contribution in [0.2, 0.25) is 0 Å². The molecule has 1 aliphatic carbocycles. The van der Waals surface area contributed by atoms with Gasteiger partial charge in [0.15, 0.2) is 5.82 Å². The monoisotopic (exact) mass is 552 g/mol. The molecule has 0 bridgehead atoms. The third kappa shape index (κ3) is 4.31. The van der Waals surface area contributed by atoms with Crippen LogP contribution in [0.5, 0.6) is 11.8 Å². The fourth-order valence-corrected chi connectivity index (χ4v) is 7.00. The number of aromatic nitrogens is 3. The average Bonchev–Trinajstić information content (AvgIpc) is 3.57. The van der Waals surface area contributed by atoms with E-state index < -0.39 is 11.6 Å². The summed E-state index contributed by atoms with van der Waals surface area (Å²) in [5, 5.41) is 11.7. The van der Waals surface area contributed by atoms with E-state index in [4.69, 9.17) is 16.1 Å². The number of halogens is 2. The summed E-state index contributed by atoms with van der Waals surface area (Å²) in [6.45, 7) is 2.60. The summed E-state index contributed by atoms with van der Waals surface area (Å²) in [5.74, 6) is 0.964. The van der Waals surface area contributed by atoms with Crippen molar-refractivity contribution < 1.29 is 18.6 Å². The zero-order valence-electron chi connectivity index (χ0n) is 22.7. The first-order valence-electron chi connectivity index (χ1n) is 14.3. The van der Waals surface area contributed by atoms with Crippen molar-refractivity contribution in [3.63, 3.8) is 0 Å². The number of hydrogen-bond acceptors (Lipinski definition) is 6. The Hall–Kier alpha value is -4.09. The normalized spacial score (nSPS) is 18.4. The quantitative estimate of drug-likeness (QED) is 0.276. The first kappa shape index (κ1) is 25.8. The van der Waals surface area contributed by atoms with Gasteiger partial charge in [-0.2, -0.15) is 9.97 Å². The Bertz CT molecular complexity index is 1770. The third-order valence-electron chi connectivity index (χ3n) is 8.99. The molecule has 8 heteroatoms. The molecule has 2 aromatic carbocycles. The van der Waals surface area contributed by atoms with Gasteiger partial charge in [0.2, 0.25) is 0 Å². The Labute approximate surface area is 237 Å². The predicted molar refractivity (Wildman–Crippen MR) is 155 cm³/mol. The van der Waals surface area contributed by atoms with Crippen molar-refractivity contribution in [2.45, 2.75) is 56.9 Å². The van der Waals surface area contributed by atoms with Gasteiger partial charge in [-0.25, -0.2) is 8.78 Å². The van der Waals surface area contributed by atoms with Gasteiger partial charge in [0.25, 0.3) is 0 Å². The molecule has 6 nitrogen and oxygen atoms in total. The molecule has 0 amide bonds. The minimum atomic E-state index is -0.701. The van der Waals surface area contributed by atoms with Crippen LogP contribution >= 0.6 is 0 Å². The molecule has 0 spiro atoms. The number of phenolic OH excluding ortho intramolecular Hbond substituents is 1. The lowest BCUT2D eigenvalue weighted by molar-refractivity contribution is 0.107. The maximum Gasteiger partial charge on any atom is 0.317 e. The Morgan fingerprint density at radius 1 is 1.05 bits per heavy atom. The van der Waals surface area contributed by atoms with Crippen molar-refractivity contribution in [2.24, 2.45) is 0 Å². The minimum absolute atomic E-state index is 0.0132. The number of aromatic hydroxyl groups is 1. The van der Waals surface area contributed by atoms with Gasteiger partial charge in [0.1, 0.15) is 29.4 Å². The Morgan fingerprint density at radius 3 is 2.63 bits per heavy atom. The predicted octanol–water partition coefficient (Wildman–Crippen LogP) is 6.77. The summed E-state index contributed by atoms with van der Waals surface area (Å²) in [6.07, 6.45) is 17.7. The summed E-state index contributed by atoms with van der Waals surface area (Å²) in [4.78, 5) is 16.4. The van der Waals surface area contributed by atoms with Crippen LogP contribution in [0.3, 0.4) is 0 Å². The molecule has 2 saturated heterocycles. The number of ether oxygens (including phenoxy) is 1. The number of nitrogens with zero attached hydrogens (tertiary/aromatic N) is 4. The van der Waals surface area contributed by atoms with Crippen LogP contribution in [0.4, 0.5) is 8.78 Å². The van der Waals surface area contributed by atoms with Gasteiger partial charge in [0.05, 0.1) is 16.8 Å². The molecule has 0 saturated carbocycles. The van der Waals surface area contributed by atoms with Crippen LogP contribution in [0.25, 0.3) is 38.5 Å². The van der Waals surface area contributed by atoms with E-state index in [9.17, 15) is 9.50 Å². The lowest BCUT2D eigenvalue weighted by Gasteiger charge is -2.31. The topological polar surface area (TPSA) is 71.4 Å². The van der Waals surface area contributed by atoms with Crippen LogP contribution in [0, 0.1) is 24.0 Å². The smallest absolute Gasteiger partial charge is 0.317 e. The highest BCUT2D eigenvalue weighted by atomic mass is 19.1. The molecule has 2 aromatic heterocycles. The van der Waals surface area contributed by atoms with Gasteiger partial charge in [-0.05, 0) is 93.6 Å². The third-order valence-corrected chi connectivity index (χ3v) is 8.99. The second-order valence-electron chi connectivity index (χ2n) is 11.4. The molecule has 4 aromatic rings. The van der Waals surface area contributed by atoms with Crippen LogP contribution in [0.15, 0.2) is 36.5 Å². The number of fused-ring (bicyclic) bond motifs is 3. The van der Waals surface area contributed by atoms with Crippen molar-refractivity contribution in [1.29, 1.82) is 0 Å². The number of terminal acetylenes is 1. The van der Waals surface area contributed by atoms with Crippen LogP contribution < -0.4 is 4.74 Å². The first-order chi connectivity index (χ1) is 20.0. The molecule has 2 fully saturated rings.